The molecule has 0 saturated heterocycles. The number of carbonyl (C=O) groups is 1. The number of nitrogens with zero attached hydrogens (tertiary/aromatic N) is 1. The van der Waals surface area contributed by atoms with Crippen LogP contribution in [0.3, 0.4) is 0 Å². The number of nitrogens with one attached hydrogen (secondary N) is 1. The second-order valence-electron chi connectivity index (χ2n) is 5.83. The van der Waals surface area contributed by atoms with Gasteiger partial charge in [0.15, 0.2) is 11.5 Å². The molecule has 1 aliphatic heterocycles. The maximum Gasteiger partial charge on any atom is 0.231 e. The summed E-state index contributed by atoms with van der Waals surface area (Å²) in [5.41, 5.74) is 1.78. The summed E-state index contributed by atoms with van der Waals surface area (Å²) >= 11 is 6.06. The van der Waals surface area contributed by atoms with Crippen LogP contribution in [0.25, 0.3) is 0 Å². The molecule has 2 aromatic carbocycles. The quantitative estimate of drug-likeness (QED) is 0.813. The number of ether oxygens (including phenoxy) is 2. The predicted octanol–water partition coefficient (Wildman–Crippen LogP) is 3.92. The monoisotopic (exact) mass is 360 g/mol. The van der Waals surface area contributed by atoms with E-state index in [0.29, 0.717) is 23.7 Å². The SMILES string of the molecule is CCN(CCC(=O)Nc1ccccc1Cl)Cc1ccc2c(c1)OCO2. The molecule has 0 spiro atoms. The zero-order valence-corrected chi connectivity index (χ0v) is 14.9. The maximum absolute atomic E-state index is 12.2. The first-order valence-corrected chi connectivity index (χ1v) is 8.68. The summed E-state index contributed by atoms with van der Waals surface area (Å²) in [7, 11) is 0. The standard InChI is InChI=1S/C19H21ClN2O3/c1-2-22(12-14-7-8-17-18(11-14)25-13-24-17)10-9-19(23)21-16-6-4-3-5-15(16)20/h3-8,11H,2,9-10,12-13H2,1H3,(H,21,23). The van der Waals surface area contributed by atoms with Gasteiger partial charge >= 0.3 is 0 Å². The molecule has 0 radical (unpaired) electrons. The number of para-hydroxylation sites is 1. The number of carbonyl (C=O) groups excluding carboxylic acids is 1. The van der Waals surface area contributed by atoms with Crippen molar-refractivity contribution < 1.29 is 14.3 Å². The van der Waals surface area contributed by atoms with Gasteiger partial charge in [-0.2, -0.15) is 0 Å². The first kappa shape index (κ1) is 17.6. The van der Waals surface area contributed by atoms with Crippen LogP contribution in [0, 0.1) is 0 Å². The molecule has 132 valence electrons. The van der Waals surface area contributed by atoms with Gasteiger partial charge in [-0.15, -0.1) is 0 Å². The molecule has 0 unspecified atom stereocenters. The summed E-state index contributed by atoms with van der Waals surface area (Å²) in [6.07, 6.45) is 0.406. The van der Waals surface area contributed by atoms with Crippen molar-refractivity contribution in [2.75, 3.05) is 25.2 Å². The molecule has 0 aromatic heterocycles. The van der Waals surface area contributed by atoms with Crippen LogP contribution in [0.5, 0.6) is 11.5 Å². The van der Waals surface area contributed by atoms with Crippen LogP contribution in [0.1, 0.15) is 18.9 Å². The number of hydrogen-bond acceptors (Lipinski definition) is 4. The van der Waals surface area contributed by atoms with E-state index in [1.807, 2.05) is 30.3 Å². The Morgan fingerprint density at radius 3 is 2.80 bits per heavy atom. The summed E-state index contributed by atoms with van der Waals surface area (Å²) in [6.45, 7) is 4.64. The Morgan fingerprint density at radius 1 is 1.20 bits per heavy atom. The molecule has 0 bridgehead atoms. The van der Waals surface area contributed by atoms with Gasteiger partial charge < -0.3 is 14.8 Å². The lowest BCUT2D eigenvalue weighted by atomic mass is 10.2. The normalized spacial score (nSPS) is 12.4. The first-order chi connectivity index (χ1) is 12.2. The second kappa shape index (κ2) is 8.23. The van der Waals surface area contributed by atoms with Crippen molar-refractivity contribution in [3.8, 4) is 11.5 Å². The third-order valence-corrected chi connectivity index (χ3v) is 4.42. The first-order valence-electron chi connectivity index (χ1n) is 8.31. The van der Waals surface area contributed by atoms with Crippen molar-refractivity contribution in [2.24, 2.45) is 0 Å². The molecule has 0 fully saturated rings. The molecule has 1 N–H and O–H groups in total. The fourth-order valence-corrected chi connectivity index (χ4v) is 2.86. The van der Waals surface area contributed by atoms with Gasteiger partial charge in [0.1, 0.15) is 0 Å². The number of fused-ring (bicyclic) bond motifs is 1. The van der Waals surface area contributed by atoms with Crippen LogP contribution in [-0.2, 0) is 11.3 Å². The Kier molecular flexibility index (Phi) is 5.79. The van der Waals surface area contributed by atoms with Crippen molar-refractivity contribution in [2.45, 2.75) is 19.9 Å². The highest BCUT2D eigenvalue weighted by atomic mass is 35.5. The molecule has 1 amide bonds. The zero-order valence-electron chi connectivity index (χ0n) is 14.1. The lowest BCUT2D eigenvalue weighted by Gasteiger charge is -2.20. The molecule has 25 heavy (non-hydrogen) atoms. The summed E-state index contributed by atoms with van der Waals surface area (Å²) in [5.74, 6) is 1.52. The van der Waals surface area contributed by atoms with E-state index < -0.39 is 0 Å². The van der Waals surface area contributed by atoms with E-state index in [1.165, 1.54) is 0 Å². The van der Waals surface area contributed by atoms with Crippen molar-refractivity contribution in [3.63, 3.8) is 0 Å². The number of amides is 1. The summed E-state index contributed by atoms with van der Waals surface area (Å²) in [6, 6.07) is 13.2. The van der Waals surface area contributed by atoms with Crippen LogP contribution >= 0.6 is 11.6 Å². The minimum absolute atomic E-state index is 0.0442. The van der Waals surface area contributed by atoms with Crippen LogP contribution in [0.15, 0.2) is 42.5 Å². The van der Waals surface area contributed by atoms with Gasteiger partial charge in [0, 0.05) is 19.5 Å². The molecule has 0 aliphatic carbocycles. The average molecular weight is 361 g/mol. The van der Waals surface area contributed by atoms with E-state index in [9.17, 15) is 4.79 Å². The van der Waals surface area contributed by atoms with Gasteiger partial charge in [-0.3, -0.25) is 9.69 Å². The highest BCUT2D eigenvalue weighted by molar-refractivity contribution is 6.33. The van der Waals surface area contributed by atoms with Gasteiger partial charge in [0.2, 0.25) is 12.7 Å². The molecular weight excluding hydrogens is 340 g/mol. The maximum atomic E-state index is 12.2. The van der Waals surface area contributed by atoms with Crippen LogP contribution in [0.4, 0.5) is 5.69 Å². The molecule has 3 rings (SSSR count). The number of anilines is 1. The average Bonchev–Trinajstić information content (AvgIpc) is 3.08. The van der Waals surface area contributed by atoms with E-state index in [0.717, 1.165) is 30.2 Å². The number of halogens is 1. The molecule has 2 aromatic rings. The van der Waals surface area contributed by atoms with Crippen molar-refractivity contribution >= 4 is 23.2 Å². The molecule has 6 heteroatoms. The van der Waals surface area contributed by atoms with Gasteiger partial charge in [-0.25, -0.2) is 0 Å². The van der Waals surface area contributed by atoms with Crippen molar-refractivity contribution in [3.05, 3.63) is 53.1 Å². The molecule has 1 aliphatic rings. The number of benzene rings is 2. The minimum atomic E-state index is -0.0442. The number of hydrogen-bond donors (Lipinski definition) is 1. The molecule has 5 nitrogen and oxygen atoms in total. The lowest BCUT2D eigenvalue weighted by Crippen LogP contribution is -2.27. The largest absolute Gasteiger partial charge is 0.454 e. The van der Waals surface area contributed by atoms with Gasteiger partial charge in [-0.1, -0.05) is 36.7 Å². The van der Waals surface area contributed by atoms with Crippen LogP contribution < -0.4 is 14.8 Å². The van der Waals surface area contributed by atoms with Gasteiger partial charge in [0.25, 0.3) is 0 Å². The third-order valence-electron chi connectivity index (χ3n) is 4.09. The summed E-state index contributed by atoms with van der Waals surface area (Å²) in [5, 5.41) is 3.40. The fourth-order valence-electron chi connectivity index (χ4n) is 2.68. The summed E-state index contributed by atoms with van der Waals surface area (Å²) in [4.78, 5) is 14.4. The summed E-state index contributed by atoms with van der Waals surface area (Å²) < 4.78 is 10.7. The third kappa shape index (κ3) is 4.65. The van der Waals surface area contributed by atoms with E-state index in [4.69, 9.17) is 21.1 Å². The predicted molar refractivity (Wildman–Crippen MR) is 98.2 cm³/mol. The Balaban J connectivity index is 1.52. The Hall–Kier alpha value is -2.24. The number of rotatable bonds is 7. The topological polar surface area (TPSA) is 50.8 Å². The smallest absolute Gasteiger partial charge is 0.231 e. The fraction of sp³-hybridized carbons (Fsp3) is 0.316. The van der Waals surface area contributed by atoms with Crippen molar-refractivity contribution in [1.82, 2.24) is 4.90 Å². The Morgan fingerprint density at radius 2 is 2.00 bits per heavy atom. The second-order valence-corrected chi connectivity index (χ2v) is 6.24. The molecule has 1 heterocycles. The van der Waals surface area contributed by atoms with E-state index in [2.05, 4.69) is 17.1 Å². The van der Waals surface area contributed by atoms with Gasteiger partial charge in [0.05, 0.1) is 10.7 Å². The highest BCUT2D eigenvalue weighted by Crippen LogP contribution is 2.32. The lowest BCUT2D eigenvalue weighted by molar-refractivity contribution is -0.116. The Bertz CT molecular complexity index is 751. The van der Waals surface area contributed by atoms with E-state index in [1.54, 1.807) is 12.1 Å². The molecular formula is C19H21ClN2O3. The van der Waals surface area contributed by atoms with Crippen molar-refractivity contribution in [1.29, 1.82) is 0 Å². The molecule has 0 atom stereocenters. The van der Waals surface area contributed by atoms with E-state index in [-0.39, 0.29) is 12.7 Å². The Labute approximate surface area is 152 Å². The van der Waals surface area contributed by atoms with Crippen LogP contribution in [0.2, 0.25) is 5.02 Å². The highest BCUT2D eigenvalue weighted by Gasteiger charge is 2.15. The van der Waals surface area contributed by atoms with Gasteiger partial charge in [-0.05, 0) is 36.4 Å². The minimum Gasteiger partial charge on any atom is -0.454 e. The molecule has 0 saturated carbocycles. The zero-order chi connectivity index (χ0) is 17.6. The van der Waals surface area contributed by atoms with E-state index >= 15 is 0 Å². The van der Waals surface area contributed by atoms with Crippen LogP contribution in [-0.4, -0.2) is 30.7 Å².